The van der Waals surface area contributed by atoms with E-state index in [1.54, 1.807) is 12.1 Å². The van der Waals surface area contributed by atoms with Crippen LogP contribution in [0.2, 0.25) is 0 Å². The normalized spacial score (nSPS) is 14.3. The maximum Gasteiger partial charge on any atom is 0.256 e. The van der Waals surface area contributed by atoms with Crippen LogP contribution in [0.3, 0.4) is 0 Å². The van der Waals surface area contributed by atoms with Gasteiger partial charge in [-0.25, -0.2) is 15.0 Å². The van der Waals surface area contributed by atoms with E-state index >= 15 is 4.39 Å². The number of aromatic nitrogens is 6. The molecule has 1 saturated carbocycles. The molecule has 9 nitrogen and oxygen atoms in total. The summed E-state index contributed by atoms with van der Waals surface area (Å²) in [5.41, 5.74) is 4.01. The van der Waals surface area contributed by atoms with Gasteiger partial charge in [-0.05, 0) is 50.4 Å². The highest BCUT2D eigenvalue weighted by molar-refractivity contribution is 5.92. The number of carbonyl (C=O) groups excluding carboxylic acids is 1. The molecule has 4 heterocycles. The van der Waals surface area contributed by atoms with Crippen molar-refractivity contribution in [2.24, 2.45) is 13.0 Å². The number of alkyl halides is 2. The Morgan fingerprint density at radius 3 is 2.77 bits per heavy atom. The van der Waals surface area contributed by atoms with Gasteiger partial charge in [-0.2, -0.15) is 8.78 Å². The average molecular weight is 594 g/mol. The van der Waals surface area contributed by atoms with Crippen molar-refractivity contribution in [1.29, 1.82) is 0 Å². The number of aryl methyl sites for hydroxylation is 1. The van der Waals surface area contributed by atoms with Crippen LogP contribution in [0.25, 0.3) is 33.6 Å². The maximum atomic E-state index is 15.1. The van der Waals surface area contributed by atoms with Crippen LogP contribution in [0.4, 0.5) is 13.2 Å². The molecule has 1 fully saturated rings. The molecule has 226 valence electrons. The van der Waals surface area contributed by atoms with E-state index in [1.807, 2.05) is 41.8 Å². The lowest BCUT2D eigenvalue weighted by molar-refractivity contribution is 0.0522. The van der Waals surface area contributed by atoms with Gasteiger partial charge in [-0.3, -0.25) is 9.18 Å². The second kappa shape index (κ2) is 12.2. The summed E-state index contributed by atoms with van der Waals surface area (Å²) < 4.78 is 52.1. The largest absolute Gasteiger partial charge is 0.456 e. The number of hydrogen-bond donors (Lipinski definition) is 0. The highest BCUT2D eigenvalue weighted by atomic mass is 19.1. The van der Waals surface area contributed by atoms with Crippen molar-refractivity contribution in [1.82, 2.24) is 33.6 Å². The van der Waals surface area contributed by atoms with Gasteiger partial charge in [-0.15, -0.1) is 0 Å². The Morgan fingerprint density at radius 2 is 2.05 bits per heavy atom. The molecule has 0 N–H and O–H groups in total. The van der Waals surface area contributed by atoms with Crippen LogP contribution in [-0.4, -0.2) is 73.0 Å². The molecular formula is C31H34F3N7O2. The predicted molar refractivity (Wildman–Crippen MR) is 157 cm³/mol. The van der Waals surface area contributed by atoms with Gasteiger partial charge < -0.3 is 23.3 Å². The van der Waals surface area contributed by atoms with Crippen molar-refractivity contribution in [3.63, 3.8) is 0 Å². The van der Waals surface area contributed by atoms with E-state index in [2.05, 4.69) is 9.55 Å². The summed E-state index contributed by atoms with van der Waals surface area (Å²) in [4.78, 5) is 27.3. The molecule has 1 aliphatic rings. The molecule has 0 radical (unpaired) electrons. The van der Waals surface area contributed by atoms with Crippen LogP contribution in [0.1, 0.15) is 35.3 Å². The SMILES string of the molecule is CN(CCCF)CCc1nc2c(cc1C=O)nc(-c1cc3cccc(OC(F)Cn4cnc(F)c4)c3n1CC1CC1)n2C. The number of rotatable bonds is 14. The number of ether oxygens (including phenoxy) is 1. The zero-order valence-electron chi connectivity index (χ0n) is 24.2. The summed E-state index contributed by atoms with van der Waals surface area (Å²) in [7, 11) is 3.82. The predicted octanol–water partition coefficient (Wildman–Crippen LogP) is 5.36. The Balaban J connectivity index is 1.37. The van der Waals surface area contributed by atoms with Gasteiger partial charge in [0, 0.05) is 44.1 Å². The third kappa shape index (κ3) is 6.15. The van der Waals surface area contributed by atoms with Crippen LogP contribution >= 0.6 is 0 Å². The van der Waals surface area contributed by atoms with E-state index in [9.17, 15) is 13.6 Å². The Morgan fingerprint density at radius 1 is 1.21 bits per heavy atom. The monoisotopic (exact) mass is 593 g/mol. The van der Waals surface area contributed by atoms with Crippen LogP contribution in [0, 0.1) is 11.9 Å². The van der Waals surface area contributed by atoms with Crippen molar-refractivity contribution in [3.8, 4) is 17.3 Å². The molecule has 1 aromatic carbocycles. The second-order valence-electron chi connectivity index (χ2n) is 11.3. The standard InChI is InChI=1S/C31H34F3N7O2/c1-38(11-4-10-32)12-9-23-22(18-42)13-24-30(36-23)39(2)31(37-24)25-14-21-5-3-6-26(29(21)41(25)15-20-7-8-20)43-28(34)17-40-16-27(33)35-19-40/h3,5-6,13-14,16,18-20,28H,4,7-12,15,17H2,1-2H3. The van der Waals surface area contributed by atoms with E-state index in [1.165, 1.54) is 10.9 Å². The number of likely N-dealkylation sites (N-methyl/N-ethyl adjacent to an activating group) is 1. The fraction of sp³-hybridized carbons (Fsp3) is 0.419. The first-order chi connectivity index (χ1) is 20.8. The number of pyridine rings is 1. The van der Waals surface area contributed by atoms with Gasteiger partial charge in [0.05, 0.1) is 42.6 Å². The first-order valence-corrected chi connectivity index (χ1v) is 14.5. The van der Waals surface area contributed by atoms with E-state index in [-0.39, 0.29) is 13.2 Å². The average Bonchev–Trinajstić information content (AvgIpc) is 3.48. The van der Waals surface area contributed by atoms with Crippen LogP contribution < -0.4 is 4.74 Å². The third-order valence-corrected chi connectivity index (χ3v) is 7.95. The van der Waals surface area contributed by atoms with Crippen LogP contribution in [0.5, 0.6) is 5.75 Å². The van der Waals surface area contributed by atoms with E-state index in [4.69, 9.17) is 14.7 Å². The lowest BCUT2D eigenvalue weighted by atomic mass is 10.1. The number of nitrogens with zero attached hydrogens (tertiary/aromatic N) is 7. The summed E-state index contributed by atoms with van der Waals surface area (Å²) >= 11 is 0. The zero-order valence-corrected chi connectivity index (χ0v) is 24.2. The molecule has 1 aliphatic carbocycles. The summed E-state index contributed by atoms with van der Waals surface area (Å²) in [5, 5.41) is 0.875. The molecule has 0 amide bonds. The molecule has 12 heteroatoms. The molecule has 43 heavy (non-hydrogen) atoms. The quantitative estimate of drug-likeness (QED) is 0.161. The van der Waals surface area contributed by atoms with Gasteiger partial charge in [0.25, 0.3) is 6.36 Å². The molecule has 0 bridgehead atoms. The molecule has 1 unspecified atom stereocenters. The third-order valence-electron chi connectivity index (χ3n) is 7.95. The summed E-state index contributed by atoms with van der Waals surface area (Å²) in [5.74, 6) is 0.873. The minimum atomic E-state index is -1.72. The molecule has 4 aromatic heterocycles. The van der Waals surface area contributed by atoms with Gasteiger partial charge in [0.1, 0.15) is 11.3 Å². The number of fused-ring (bicyclic) bond motifs is 2. The molecule has 6 rings (SSSR count). The highest BCUT2D eigenvalue weighted by Crippen LogP contribution is 2.39. The molecule has 0 spiro atoms. The van der Waals surface area contributed by atoms with Crippen molar-refractivity contribution >= 4 is 28.4 Å². The first kappa shape index (κ1) is 28.9. The van der Waals surface area contributed by atoms with Gasteiger partial charge in [0.15, 0.2) is 17.8 Å². The Bertz CT molecular complexity index is 1760. The van der Waals surface area contributed by atoms with E-state index in [0.29, 0.717) is 65.8 Å². The lowest BCUT2D eigenvalue weighted by Crippen LogP contribution is -2.23. The smallest absolute Gasteiger partial charge is 0.256 e. The second-order valence-corrected chi connectivity index (χ2v) is 11.3. The lowest BCUT2D eigenvalue weighted by Gasteiger charge is -2.16. The molecule has 1 atom stereocenters. The summed E-state index contributed by atoms with van der Waals surface area (Å²) in [6.45, 7) is 1.43. The molecular weight excluding hydrogens is 559 g/mol. The first-order valence-electron chi connectivity index (χ1n) is 14.5. The number of carbonyl (C=O) groups is 1. The van der Waals surface area contributed by atoms with Crippen LogP contribution in [0.15, 0.2) is 42.9 Å². The zero-order chi connectivity index (χ0) is 30.1. The van der Waals surface area contributed by atoms with Crippen molar-refractivity contribution < 1.29 is 22.7 Å². The van der Waals surface area contributed by atoms with Crippen molar-refractivity contribution in [2.75, 3.05) is 26.8 Å². The van der Waals surface area contributed by atoms with E-state index < -0.39 is 12.3 Å². The number of para-hydroxylation sites is 1. The van der Waals surface area contributed by atoms with Crippen molar-refractivity contribution in [3.05, 3.63) is 60.1 Å². The number of aldehydes is 1. The van der Waals surface area contributed by atoms with Crippen LogP contribution in [-0.2, 0) is 26.6 Å². The minimum absolute atomic E-state index is 0.201. The fourth-order valence-electron chi connectivity index (χ4n) is 5.53. The Hall–Kier alpha value is -4.19. The molecule has 0 aliphatic heterocycles. The summed E-state index contributed by atoms with van der Waals surface area (Å²) in [6.07, 6.45) is 4.66. The number of imidazole rings is 2. The highest BCUT2D eigenvalue weighted by Gasteiger charge is 2.27. The Labute approximate surface area is 246 Å². The van der Waals surface area contributed by atoms with Gasteiger partial charge in [-0.1, -0.05) is 12.1 Å². The van der Waals surface area contributed by atoms with Gasteiger partial charge in [0.2, 0.25) is 5.95 Å². The topological polar surface area (TPSA) is 83.0 Å². The van der Waals surface area contributed by atoms with E-state index in [0.717, 1.165) is 48.5 Å². The summed E-state index contributed by atoms with van der Waals surface area (Å²) in [6, 6.07) is 9.30. The number of hydrogen-bond acceptors (Lipinski definition) is 6. The molecule has 0 saturated heterocycles. The number of halogens is 3. The minimum Gasteiger partial charge on any atom is -0.456 e. The number of benzene rings is 1. The van der Waals surface area contributed by atoms with Crippen molar-refractivity contribution in [2.45, 2.75) is 45.1 Å². The fourth-order valence-corrected chi connectivity index (χ4v) is 5.53. The Kier molecular flexibility index (Phi) is 8.20. The molecule has 5 aromatic rings. The maximum absolute atomic E-state index is 15.1. The van der Waals surface area contributed by atoms with Gasteiger partial charge >= 0.3 is 0 Å².